The quantitative estimate of drug-likeness (QED) is 0.459. The third-order valence-electron chi connectivity index (χ3n) is 7.55. The monoisotopic (exact) mass is 414 g/mol. The average molecular weight is 415 g/mol. The average Bonchev–Trinajstić information content (AvgIpc) is 3.18. The van der Waals surface area contributed by atoms with Crippen molar-refractivity contribution in [2.45, 2.75) is 63.2 Å². The summed E-state index contributed by atoms with van der Waals surface area (Å²) < 4.78 is 2.33. The Bertz CT molecular complexity index is 735. The van der Waals surface area contributed by atoms with Crippen molar-refractivity contribution >= 4 is 23.4 Å². The van der Waals surface area contributed by atoms with E-state index in [1.807, 2.05) is 24.7 Å². The van der Waals surface area contributed by atoms with Crippen molar-refractivity contribution in [3.8, 4) is 0 Å². The van der Waals surface area contributed by atoms with E-state index in [2.05, 4.69) is 39.6 Å². The molecule has 4 saturated carbocycles. The molecule has 0 N–H and O–H groups in total. The molecule has 150 valence electrons. The van der Waals surface area contributed by atoms with Crippen LogP contribution in [0.4, 0.5) is 0 Å². The Hall–Kier alpha value is -0.930. The van der Waals surface area contributed by atoms with Crippen LogP contribution in [0, 0.1) is 23.2 Å². The molecular formula is C24H31ClN2S. The van der Waals surface area contributed by atoms with Gasteiger partial charge in [-0.15, -0.1) is 0 Å². The van der Waals surface area contributed by atoms with Crippen LogP contribution in [0.3, 0.4) is 0 Å². The maximum absolute atomic E-state index is 6.02. The zero-order valence-electron chi connectivity index (χ0n) is 16.6. The lowest BCUT2D eigenvalue weighted by molar-refractivity contribution is -0.0553. The molecule has 4 fully saturated rings. The van der Waals surface area contributed by atoms with E-state index in [1.165, 1.54) is 56.3 Å². The summed E-state index contributed by atoms with van der Waals surface area (Å²) in [5.74, 6) is 4.31. The van der Waals surface area contributed by atoms with E-state index in [0.717, 1.165) is 41.0 Å². The van der Waals surface area contributed by atoms with E-state index in [-0.39, 0.29) is 0 Å². The van der Waals surface area contributed by atoms with Crippen LogP contribution in [-0.4, -0.2) is 20.6 Å². The molecular weight excluding hydrogens is 384 g/mol. The highest BCUT2D eigenvalue weighted by Gasteiger charge is 2.54. The van der Waals surface area contributed by atoms with Crippen LogP contribution in [0.25, 0.3) is 0 Å². The van der Waals surface area contributed by atoms with Gasteiger partial charge in [-0.25, -0.2) is 4.98 Å². The van der Waals surface area contributed by atoms with Gasteiger partial charge in [-0.3, -0.25) is 0 Å². The summed E-state index contributed by atoms with van der Waals surface area (Å²) in [6.07, 6.45) is 17.6. The molecule has 1 heterocycles. The number of hydrogen-bond donors (Lipinski definition) is 0. The highest BCUT2D eigenvalue weighted by atomic mass is 35.5. The molecule has 1 aromatic carbocycles. The molecule has 4 heteroatoms. The first-order valence-corrected chi connectivity index (χ1v) is 12.4. The molecule has 2 nitrogen and oxygen atoms in total. The molecule has 4 aliphatic rings. The lowest BCUT2D eigenvalue weighted by Gasteiger charge is -2.59. The predicted octanol–water partition coefficient (Wildman–Crippen LogP) is 6.49. The molecule has 4 bridgehead atoms. The summed E-state index contributed by atoms with van der Waals surface area (Å²) in [5.41, 5.74) is 2.00. The molecule has 0 aliphatic heterocycles. The number of aromatic nitrogens is 2. The normalized spacial score (nSPS) is 32.0. The maximum Gasteiger partial charge on any atom is 0.0946 e. The van der Waals surface area contributed by atoms with E-state index >= 15 is 0 Å². The van der Waals surface area contributed by atoms with Crippen molar-refractivity contribution < 1.29 is 0 Å². The van der Waals surface area contributed by atoms with Crippen molar-refractivity contribution in [1.82, 2.24) is 9.55 Å². The summed E-state index contributed by atoms with van der Waals surface area (Å²) >= 11 is 8.28. The number of benzene rings is 1. The second kappa shape index (κ2) is 8.07. The van der Waals surface area contributed by atoms with Gasteiger partial charge in [0.05, 0.1) is 6.33 Å². The molecule has 4 aliphatic carbocycles. The Kier molecular flexibility index (Phi) is 5.49. The second-order valence-electron chi connectivity index (χ2n) is 9.63. The largest absolute Gasteiger partial charge is 0.336 e. The third-order valence-corrected chi connectivity index (χ3v) is 9.37. The minimum atomic E-state index is 0.587. The SMILES string of the molecule is Clc1ccc(CCCSC(Cn2ccnc2)C23CC4CC(CC(C4)C2)C3)cc1. The number of rotatable bonds is 8. The van der Waals surface area contributed by atoms with E-state index < -0.39 is 0 Å². The van der Waals surface area contributed by atoms with Crippen LogP contribution in [0.5, 0.6) is 0 Å². The first-order valence-electron chi connectivity index (χ1n) is 11.0. The number of hydrogen-bond acceptors (Lipinski definition) is 2. The van der Waals surface area contributed by atoms with E-state index in [1.54, 1.807) is 0 Å². The molecule has 6 rings (SSSR count). The number of halogens is 1. The molecule has 0 spiro atoms. The van der Waals surface area contributed by atoms with Gasteiger partial charge in [-0.1, -0.05) is 23.7 Å². The topological polar surface area (TPSA) is 17.8 Å². The van der Waals surface area contributed by atoms with Crippen molar-refractivity contribution in [3.63, 3.8) is 0 Å². The molecule has 28 heavy (non-hydrogen) atoms. The Morgan fingerprint density at radius 3 is 2.36 bits per heavy atom. The summed E-state index contributed by atoms with van der Waals surface area (Å²) in [5, 5.41) is 1.57. The van der Waals surface area contributed by atoms with E-state index in [0.29, 0.717) is 5.41 Å². The minimum absolute atomic E-state index is 0.587. The van der Waals surface area contributed by atoms with Gasteiger partial charge < -0.3 is 4.57 Å². The first kappa shape index (κ1) is 19.1. The number of imidazole rings is 1. The molecule has 0 radical (unpaired) electrons. The van der Waals surface area contributed by atoms with Crippen LogP contribution in [0.15, 0.2) is 43.0 Å². The van der Waals surface area contributed by atoms with Gasteiger partial charge in [-0.2, -0.15) is 11.8 Å². The van der Waals surface area contributed by atoms with Gasteiger partial charge in [-0.05, 0) is 98.0 Å². The Morgan fingerprint density at radius 2 is 1.75 bits per heavy atom. The zero-order chi connectivity index (χ0) is 19.0. The molecule has 1 aromatic heterocycles. The van der Waals surface area contributed by atoms with Crippen molar-refractivity contribution in [2.24, 2.45) is 23.2 Å². The fourth-order valence-corrected chi connectivity index (χ4v) is 8.38. The predicted molar refractivity (Wildman–Crippen MR) is 119 cm³/mol. The first-order chi connectivity index (χ1) is 13.7. The van der Waals surface area contributed by atoms with Crippen LogP contribution in [0.1, 0.15) is 50.5 Å². The summed E-state index contributed by atoms with van der Waals surface area (Å²) in [7, 11) is 0. The van der Waals surface area contributed by atoms with E-state index in [4.69, 9.17) is 11.6 Å². The summed E-state index contributed by atoms with van der Waals surface area (Å²) in [6.45, 7) is 1.14. The Balaban J connectivity index is 1.25. The molecule has 0 saturated heterocycles. The minimum Gasteiger partial charge on any atom is -0.336 e. The lowest BCUT2D eigenvalue weighted by Crippen LogP contribution is -2.51. The molecule has 1 unspecified atom stereocenters. The van der Waals surface area contributed by atoms with Gasteiger partial charge >= 0.3 is 0 Å². The molecule has 0 amide bonds. The van der Waals surface area contributed by atoms with Gasteiger partial charge in [0, 0.05) is 29.2 Å². The van der Waals surface area contributed by atoms with Gasteiger partial charge in [0.1, 0.15) is 0 Å². The number of nitrogens with zero attached hydrogens (tertiary/aromatic N) is 2. The number of aryl methyl sites for hydroxylation is 1. The van der Waals surface area contributed by atoms with E-state index in [9.17, 15) is 0 Å². The van der Waals surface area contributed by atoms with Gasteiger partial charge in [0.2, 0.25) is 0 Å². The second-order valence-corrected chi connectivity index (χ2v) is 11.4. The van der Waals surface area contributed by atoms with Crippen molar-refractivity contribution in [2.75, 3.05) is 5.75 Å². The zero-order valence-corrected chi connectivity index (χ0v) is 18.2. The number of thioether (sulfide) groups is 1. The smallest absolute Gasteiger partial charge is 0.0946 e. The third kappa shape index (κ3) is 4.03. The molecule has 2 aromatic rings. The molecule has 1 atom stereocenters. The standard InChI is InChI=1S/C24H31ClN2S/c25-22-5-3-18(4-6-22)2-1-9-28-23(16-27-8-7-26-17-27)24-13-19-10-20(14-24)12-21(11-19)15-24/h3-8,17,19-21,23H,1-2,9-16H2. The lowest BCUT2D eigenvalue weighted by atomic mass is 9.48. The Labute approximate surface area is 178 Å². The highest BCUT2D eigenvalue weighted by Crippen LogP contribution is 2.63. The van der Waals surface area contributed by atoms with Gasteiger partial charge in [0.15, 0.2) is 0 Å². The highest BCUT2D eigenvalue weighted by molar-refractivity contribution is 7.99. The fourth-order valence-electron chi connectivity index (χ4n) is 6.73. The van der Waals surface area contributed by atoms with Crippen LogP contribution >= 0.6 is 23.4 Å². The van der Waals surface area contributed by atoms with Crippen molar-refractivity contribution in [3.05, 3.63) is 53.6 Å². The van der Waals surface area contributed by atoms with Crippen LogP contribution in [0.2, 0.25) is 5.02 Å². The van der Waals surface area contributed by atoms with Crippen molar-refractivity contribution in [1.29, 1.82) is 0 Å². The summed E-state index contributed by atoms with van der Waals surface area (Å²) in [6, 6.07) is 8.38. The maximum atomic E-state index is 6.02. The fraction of sp³-hybridized carbons (Fsp3) is 0.625. The van der Waals surface area contributed by atoms with Gasteiger partial charge in [0.25, 0.3) is 0 Å². The van der Waals surface area contributed by atoms with Crippen LogP contribution in [-0.2, 0) is 13.0 Å². The Morgan fingerprint density at radius 1 is 1.07 bits per heavy atom. The van der Waals surface area contributed by atoms with Crippen LogP contribution < -0.4 is 0 Å². The summed E-state index contributed by atoms with van der Waals surface area (Å²) in [4.78, 5) is 4.31.